The molecule has 4 nitrogen and oxygen atoms in total. The number of hydrogen-bond acceptors (Lipinski definition) is 4. The highest BCUT2D eigenvalue weighted by Gasteiger charge is 2.02. The van der Waals surface area contributed by atoms with E-state index in [1.807, 2.05) is 24.3 Å². The maximum atomic E-state index is 3.98. The van der Waals surface area contributed by atoms with Crippen molar-refractivity contribution in [2.75, 3.05) is 0 Å². The molecule has 0 atom stereocenters. The Balaban J connectivity index is 1.77. The zero-order chi connectivity index (χ0) is 17.6. The molecule has 0 unspecified atom stereocenters. The maximum absolute atomic E-state index is 3.98. The van der Waals surface area contributed by atoms with Gasteiger partial charge in [-0.15, -0.1) is 0 Å². The summed E-state index contributed by atoms with van der Waals surface area (Å²) in [5.41, 5.74) is 3.45. The second-order valence-electron chi connectivity index (χ2n) is 5.46. The Morgan fingerprint density at radius 1 is 0.500 bits per heavy atom. The second-order valence-corrected chi connectivity index (χ2v) is 5.46. The quantitative estimate of drug-likeness (QED) is 0.464. The largest absolute Gasteiger partial charge is 0.244 e. The summed E-state index contributed by atoms with van der Waals surface area (Å²) in [7, 11) is 0. The molecule has 0 amide bonds. The number of fused-ring (bicyclic) bond motifs is 1. The smallest absolute Gasteiger partial charge is 0.115 e. The lowest BCUT2D eigenvalue weighted by Crippen LogP contribution is -1.86. The fourth-order valence-corrected chi connectivity index (χ4v) is 2.52. The molecule has 2 aromatic heterocycles. The summed E-state index contributed by atoms with van der Waals surface area (Å²) in [4.78, 5) is 15.9. The molecule has 0 saturated heterocycles. The normalized spacial score (nSPS) is 9.69. The van der Waals surface area contributed by atoms with Crippen molar-refractivity contribution in [3.63, 3.8) is 0 Å². The van der Waals surface area contributed by atoms with Crippen LogP contribution in [-0.4, -0.2) is 19.9 Å². The molecule has 0 saturated carbocycles. The first-order chi connectivity index (χ1) is 12.9. The highest BCUT2D eigenvalue weighted by Crippen LogP contribution is 2.22. The molecule has 4 heteroatoms. The molecule has 0 radical (unpaired) electrons. The zero-order valence-electron chi connectivity index (χ0n) is 13.7. The SMILES string of the molecule is C(#Cc1ccc(C#Cc2cncnc2)c2ccccc12)c1cncnc1. The second kappa shape index (κ2) is 7.25. The Hall–Kier alpha value is -4.02. The summed E-state index contributed by atoms with van der Waals surface area (Å²) in [6.07, 6.45) is 9.78. The van der Waals surface area contributed by atoms with E-state index >= 15 is 0 Å². The number of aromatic nitrogens is 4. The minimum absolute atomic E-state index is 0.782. The molecule has 0 spiro atoms. The summed E-state index contributed by atoms with van der Waals surface area (Å²) in [6.45, 7) is 0. The van der Waals surface area contributed by atoms with Crippen molar-refractivity contribution in [3.05, 3.63) is 96.1 Å². The molecule has 2 heterocycles. The van der Waals surface area contributed by atoms with Gasteiger partial charge in [-0.1, -0.05) is 47.9 Å². The molecular weight excluding hydrogens is 320 g/mol. The van der Waals surface area contributed by atoms with Crippen LogP contribution in [0.5, 0.6) is 0 Å². The summed E-state index contributed by atoms with van der Waals surface area (Å²) in [6, 6.07) is 12.1. The lowest BCUT2D eigenvalue weighted by Gasteiger charge is -2.03. The molecule has 0 N–H and O–H groups in total. The molecular formula is C22H12N4. The van der Waals surface area contributed by atoms with Crippen LogP contribution in [0.4, 0.5) is 0 Å². The molecule has 0 fully saturated rings. The molecule has 0 aliphatic carbocycles. The topological polar surface area (TPSA) is 51.6 Å². The van der Waals surface area contributed by atoms with Crippen molar-refractivity contribution < 1.29 is 0 Å². The van der Waals surface area contributed by atoms with E-state index < -0.39 is 0 Å². The van der Waals surface area contributed by atoms with Crippen LogP contribution in [0.3, 0.4) is 0 Å². The standard InChI is InChI=1S/C22H12N4/c1-2-4-22-20(8-6-18-13-25-16-26-14-18)10-9-19(21(22)3-1)7-5-17-11-23-15-24-12-17/h1-4,9-16H. The third kappa shape index (κ3) is 3.40. The maximum Gasteiger partial charge on any atom is 0.115 e. The average Bonchev–Trinajstić information content (AvgIpc) is 2.72. The van der Waals surface area contributed by atoms with Crippen molar-refractivity contribution in [2.24, 2.45) is 0 Å². The van der Waals surface area contributed by atoms with Gasteiger partial charge in [0.2, 0.25) is 0 Å². The molecule has 2 aromatic carbocycles. The zero-order valence-corrected chi connectivity index (χ0v) is 13.7. The van der Waals surface area contributed by atoms with Crippen LogP contribution in [0.15, 0.2) is 73.8 Å². The first-order valence-corrected chi connectivity index (χ1v) is 7.96. The van der Waals surface area contributed by atoms with E-state index in [1.165, 1.54) is 12.7 Å². The van der Waals surface area contributed by atoms with Gasteiger partial charge in [-0.2, -0.15) is 0 Å². The molecule has 120 valence electrons. The molecule has 0 bridgehead atoms. The minimum Gasteiger partial charge on any atom is -0.244 e. The van der Waals surface area contributed by atoms with E-state index in [0.29, 0.717) is 0 Å². The summed E-state index contributed by atoms with van der Waals surface area (Å²) in [5.74, 6) is 12.6. The third-order valence-electron chi connectivity index (χ3n) is 3.73. The van der Waals surface area contributed by atoms with Crippen LogP contribution >= 0.6 is 0 Å². The molecule has 0 aliphatic rings. The van der Waals surface area contributed by atoms with Gasteiger partial charge in [0.15, 0.2) is 0 Å². The monoisotopic (exact) mass is 332 g/mol. The fourth-order valence-electron chi connectivity index (χ4n) is 2.52. The van der Waals surface area contributed by atoms with Crippen LogP contribution in [0, 0.1) is 23.7 Å². The molecule has 0 aliphatic heterocycles. The first kappa shape index (κ1) is 15.5. The lowest BCUT2D eigenvalue weighted by molar-refractivity contribution is 1.16. The number of hydrogen-bond donors (Lipinski definition) is 0. The van der Waals surface area contributed by atoms with Gasteiger partial charge in [0.05, 0.1) is 11.1 Å². The Bertz CT molecular complexity index is 1080. The van der Waals surface area contributed by atoms with Crippen molar-refractivity contribution >= 4 is 10.8 Å². The van der Waals surface area contributed by atoms with E-state index in [2.05, 4.69) is 55.8 Å². The van der Waals surface area contributed by atoms with E-state index in [1.54, 1.807) is 24.8 Å². The first-order valence-electron chi connectivity index (χ1n) is 7.96. The van der Waals surface area contributed by atoms with E-state index in [4.69, 9.17) is 0 Å². The van der Waals surface area contributed by atoms with Gasteiger partial charge < -0.3 is 0 Å². The minimum atomic E-state index is 0.782. The van der Waals surface area contributed by atoms with Gasteiger partial charge in [0, 0.05) is 35.9 Å². The van der Waals surface area contributed by atoms with E-state index in [0.717, 1.165) is 33.0 Å². The number of benzene rings is 2. The number of nitrogens with zero attached hydrogens (tertiary/aromatic N) is 4. The summed E-state index contributed by atoms with van der Waals surface area (Å²) in [5, 5.41) is 2.13. The average molecular weight is 332 g/mol. The van der Waals surface area contributed by atoms with Crippen LogP contribution in [0.2, 0.25) is 0 Å². The molecule has 4 aromatic rings. The van der Waals surface area contributed by atoms with Crippen LogP contribution < -0.4 is 0 Å². The van der Waals surface area contributed by atoms with Crippen molar-refractivity contribution in [3.8, 4) is 23.7 Å². The van der Waals surface area contributed by atoms with Gasteiger partial charge in [-0.25, -0.2) is 19.9 Å². The fraction of sp³-hybridized carbons (Fsp3) is 0. The highest BCUT2D eigenvalue weighted by molar-refractivity contribution is 5.93. The van der Waals surface area contributed by atoms with Crippen molar-refractivity contribution in [2.45, 2.75) is 0 Å². The summed E-state index contributed by atoms with van der Waals surface area (Å²) < 4.78 is 0. The summed E-state index contributed by atoms with van der Waals surface area (Å²) >= 11 is 0. The number of rotatable bonds is 0. The van der Waals surface area contributed by atoms with Crippen LogP contribution in [0.25, 0.3) is 10.8 Å². The van der Waals surface area contributed by atoms with Crippen LogP contribution in [-0.2, 0) is 0 Å². The van der Waals surface area contributed by atoms with Crippen LogP contribution in [0.1, 0.15) is 22.3 Å². The Morgan fingerprint density at radius 2 is 0.923 bits per heavy atom. The third-order valence-corrected chi connectivity index (χ3v) is 3.73. The van der Waals surface area contributed by atoms with E-state index in [-0.39, 0.29) is 0 Å². The van der Waals surface area contributed by atoms with Gasteiger partial charge in [0.25, 0.3) is 0 Å². The lowest BCUT2D eigenvalue weighted by atomic mass is 9.99. The predicted molar refractivity (Wildman–Crippen MR) is 100.0 cm³/mol. The Labute approximate surface area is 151 Å². The van der Waals surface area contributed by atoms with Crippen molar-refractivity contribution in [1.29, 1.82) is 0 Å². The Kier molecular flexibility index (Phi) is 4.33. The van der Waals surface area contributed by atoms with Gasteiger partial charge in [-0.05, 0) is 22.9 Å². The molecule has 4 rings (SSSR count). The van der Waals surface area contributed by atoms with Gasteiger partial charge >= 0.3 is 0 Å². The van der Waals surface area contributed by atoms with Gasteiger partial charge in [0.1, 0.15) is 12.7 Å². The highest BCUT2D eigenvalue weighted by atomic mass is 14.8. The Morgan fingerprint density at radius 3 is 1.35 bits per heavy atom. The predicted octanol–water partition coefficient (Wildman–Crippen LogP) is 3.22. The van der Waals surface area contributed by atoms with Gasteiger partial charge in [-0.3, -0.25) is 0 Å². The molecule has 26 heavy (non-hydrogen) atoms. The van der Waals surface area contributed by atoms with E-state index in [9.17, 15) is 0 Å². The van der Waals surface area contributed by atoms with Crippen molar-refractivity contribution in [1.82, 2.24) is 19.9 Å².